The summed E-state index contributed by atoms with van der Waals surface area (Å²) in [7, 11) is 0. The quantitative estimate of drug-likeness (QED) is 0.506. The summed E-state index contributed by atoms with van der Waals surface area (Å²) in [5.41, 5.74) is 3.34. The van der Waals surface area contributed by atoms with Crippen molar-refractivity contribution in [3.05, 3.63) is 11.8 Å². The lowest BCUT2D eigenvalue weighted by atomic mass is 10.1. The van der Waals surface area contributed by atoms with Crippen LogP contribution >= 0.6 is 0 Å². The summed E-state index contributed by atoms with van der Waals surface area (Å²) in [5, 5.41) is 3.26. The SMILES string of the molecule is CCC(C)CNc1cc(C)nc(NN)n1. The third-order valence-electron chi connectivity index (χ3n) is 2.31. The van der Waals surface area contributed by atoms with Gasteiger partial charge in [0.2, 0.25) is 5.95 Å². The predicted octanol–water partition coefficient (Wildman–Crippen LogP) is 1.53. The molecule has 1 heterocycles. The predicted molar refractivity (Wildman–Crippen MR) is 62.5 cm³/mol. The molecule has 0 aliphatic heterocycles. The van der Waals surface area contributed by atoms with Crippen LogP contribution in [0.3, 0.4) is 0 Å². The van der Waals surface area contributed by atoms with Crippen molar-refractivity contribution < 1.29 is 0 Å². The lowest BCUT2D eigenvalue weighted by Crippen LogP contribution is -2.15. The summed E-state index contributed by atoms with van der Waals surface area (Å²) in [6.07, 6.45) is 1.15. The highest BCUT2D eigenvalue weighted by molar-refractivity contribution is 5.41. The summed E-state index contributed by atoms with van der Waals surface area (Å²) in [5.74, 6) is 7.16. The molecule has 5 heteroatoms. The highest BCUT2D eigenvalue weighted by atomic mass is 15.3. The highest BCUT2D eigenvalue weighted by Gasteiger charge is 2.02. The van der Waals surface area contributed by atoms with Crippen molar-refractivity contribution in [3.8, 4) is 0 Å². The molecule has 0 aliphatic carbocycles. The first-order valence-corrected chi connectivity index (χ1v) is 5.21. The van der Waals surface area contributed by atoms with Gasteiger partial charge in [0.1, 0.15) is 5.82 Å². The number of anilines is 2. The van der Waals surface area contributed by atoms with Crippen LogP contribution in [0.4, 0.5) is 11.8 Å². The Hall–Kier alpha value is -1.36. The number of hydrazine groups is 1. The van der Waals surface area contributed by atoms with Crippen molar-refractivity contribution in [2.24, 2.45) is 11.8 Å². The number of aryl methyl sites for hydroxylation is 1. The maximum Gasteiger partial charge on any atom is 0.239 e. The molecule has 0 spiro atoms. The molecule has 0 aromatic carbocycles. The average molecular weight is 209 g/mol. The standard InChI is InChI=1S/C10H19N5/c1-4-7(2)6-12-9-5-8(3)13-10(14-9)15-11/h5,7H,4,6,11H2,1-3H3,(H2,12,13,14,15). The van der Waals surface area contributed by atoms with Gasteiger partial charge in [0.15, 0.2) is 0 Å². The fourth-order valence-electron chi connectivity index (χ4n) is 1.15. The molecule has 1 atom stereocenters. The summed E-state index contributed by atoms with van der Waals surface area (Å²) in [4.78, 5) is 8.31. The van der Waals surface area contributed by atoms with Crippen molar-refractivity contribution in [1.82, 2.24) is 9.97 Å². The maximum absolute atomic E-state index is 5.27. The molecule has 84 valence electrons. The van der Waals surface area contributed by atoms with Gasteiger partial charge in [-0.05, 0) is 12.8 Å². The van der Waals surface area contributed by atoms with Gasteiger partial charge >= 0.3 is 0 Å². The van der Waals surface area contributed by atoms with Crippen molar-refractivity contribution >= 4 is 11.8 Å². The minimum atomic E-state index is 0.446. The number of nitrogen functional groups attached to an aromatic ring is 1. The molecule has 1 aromatic heterocycles. The number of nitrogens with zero attached hydrogens (tertiary/aromatic N) is 2. The molecule has 0 radical (unpaired) electrons. The van der Waals surface area contributed by atoms with Crippen LogP contribution in [0.25, 0.3) is 0 Å². The summed E-state index contributed by atoms with van der Waals surface area (Å²) < 4.78 is 0. The molecule has 5 nitrogen and oxygen atoms in total. The molecule has 0 fully saturated rings. The van der Waals surface area contributed by atoms with E-state index in [1.165, 1.54) is 0 Å². The largest absolute Gasteiger partial charge is 0.370 e. The first-order chi connectivity index (χ1) is 7.15. The first-order valence-electron chi connectivity index (χ1n) is 5.21. The molecule has 4 N–H and O–H groups in total. The Morgan fingerprint density at radius 1 is 1.47 bits per heavy atom. The zero-order valence-corrected chi connectivity index (χ0v) is 9.54. The van der Waals surface area contributed by atoms with Gasteiger partial charge in [-0.3, -0.25) is 5.43 Å². The van der Waals surface area contributed by atoms with Crippen LogP contribution < -0.4 is 16.6 Å². The Labute approximate surface area is 90.5 Å². The van der Waals surface area contributed by atoms with Gasteiger partial charge < -0.3 is 5.32 Å². The van der Waals surface area contributed by atoms with Gasteiger partial charge in [-0.1, -0.05) is 20.3 Å². The second-order valence-corrected chi connectivity index (χ2v) is 3.76. The molecule has 1 rings (SSSR count). The minimum Gasteiger partial charge on any atom is -0.370 e. The number of rotatable bonds is 5. The smallest absolute Gasteiger partial charge is 0.239 e. The maximum atomic E-state index is 5.27. The fourth-order valence-corrected chi connectivity index (χ4v) is 1.15. The van der Waals surface area contributed by atoms with Crippen molar-refractivity contribution in [1.29, 1.82) is 0 Å². The third kappa shape index (κ3) is 3.71. The van der Waals surface area contributed by atoms with E-state index in [1.54, 1.807) is 0 Å². The fraction of sp³-hybridized carbons (Fsp3) is 0.600. The first kappa shape index (κ1) is 11.7. The van der Waals surface area contributed by atoms with E-state index < -0.39 is 0 Å². The van der Waals surface area contributed by atoms with Gasteiger partial charge in [-0.25, -0.2) is 10.8 Å². The number of nitrogens with two attached hydrogens (primary N) is 1. The Morgan fingerprint density at radius 2 is 2.20 bits per heavy atom. The lowest BCUT2D eigenvalue weighted by Gasteiger charge is -2.11. The van der Waals surface area contributed by atoms with E-state index in [2.05, 4.69) is 34.6 Å². The van der Waals surface area contributed by atoms with Crippen LogP contribution in [0.5, 0.6) is 0 Å². The van der Waals surface area contributed by atoms with Gasteiger partial charge in [0, 0.05) is 18.3 Å². The zero-order chi connectivity index (χ0) is 11.3. The van der Waals surface area contributed by atoms with Gasteiger partial charge in [-0.2, -0.15) is 4.98 Å². The van der Waals surface area contributed by atoms with E-state index in [4.69, 9.17) is 5.84 Å². The van der Waals surface area contributed by atoms with Crippen LogP contribution in [-0.2, 0) is 0 Å². The van der Waals surface area contributed by atoms with Crippen molar-refractivity contribution in [2.45, 2.75) is 27.2 Å². The third-order valence-corrected chi connectivity index (χ3v) is 2.31. The van der Waals surface area contributed by atoms with Crippen LogP contribution in [0.15, 0.2) is 6.07 Å². The molecule has 15 heavy (non-hydrogen) atoms. The Kier molecular flexibility index (Phi) is 4.30. The number of nitrogens with one attached hydrogen (secondary N) is 2. The van der Waals surface area contributed by atoms with E-state index in [0.29, 0.717) is 11.9 Å². The van der Waals surface area contributed by atoms with Crippen LogP contribution in [0.2, 0.25) is 0 Å². The number of hydrogen-bond donors (Lipinski definition) is 3. The van der Waals surface area contributed by atoms with E-state index in [0.717, 1.165) is 24.5 Å². The Morgan fingerprint density at radius 3 is 2.80 bits per heavy atom. The molecular weight excluding hydrogens is 190 g/mol. The number of hydrogen-bond acceptors (Lipinski definition) is 5. The van der Waals surface area contributed by atoms with Crippen LogP contribution in [0.1, 0.15) is 26.0 Å². The van der Waals surface area contributed by atoms with Gasteiger partial charge in [-0.15, -0.1) is 0 Å². The molecule has 0 saturated heterocycles. The molecule has 1 aromatic rings. The highest BCUT2D eigenvalue weighted by Crippen LogP contribution is 2.10. The minimum absolute atomic E-state index is 0.446. The zero-order valence-electron chi connectivity index (χ0n) is 9.54. The second kappa shape index (κ2) is 5.50. The lowest BCUT2D eigenvalue weighted by molar-refractivity contribution is 0.592. The Bertz CT molecular complexity index is 313. The molecule has 0 saturated carbocycles. The molecule has 0 amide bonds. The van der Waals surface area contributed by atoms with Crippen LogP contribution in [0, 0.1) is 12.8 Å². The van der Waals surface area contributed by atoms with Crippen molar-refractivity contribution in [3.63, 3.8) is 0 Å². The molecular formula is C10H19N5. The van der Waals surface area contributed by atoms with E-state index >= 15 is 0 Å². The van der Waals surface area contributed by atoms with E-state index in [-0.39, 0.29) is 0 Å². The van der Waals surface area contributed by atoms with Crippen LogP contribution in [-0.4, -0.2) is 16.5 Å². The summed E-state index contributed by atoms with van der Waals surface area (Å²) in [6.45, 7) is 7.20. The second-order valence-electron chi connectivity index (χ2n) is 3.76. The Balaban J connectivity index is 2.64. The summed E-state index contributed by atoms with van der Waals surface area (Å²) >= 11 is 0. The normalized spacial score (nSPS) is 12.3. The average Bonchev–Trinajstić information content (AvgIpc) is 2.25. The van der Waals surface area contributed by atoms with E-state index in [9.17, 15) is 0 Å². The monoisotopic (exact) mass is 209 g/mol. The van der Waals surface area contributed by atoms with Gasteiger partial charge in [0.25, 0.3) is 0 Å². The molecule has 0 bridgehead atoms. The topological polar surface area (TPSA) is 75.9 Å². The summed E-state index contributed by atoms with van der Waals surface area (Å²) in [6, 6.07) is 1.91. The molecule has 1 unspecified atom stereocenters. The number of aromatic nitrogens is 2. The van der Waals surface area contributed by atoms with Gasteiger partial charge in [0.05, 0.1) is 0 Å². The van der Waals surface area contributed by atoms with E-state index in [1.807, 2.05) is 13.0 Å². The van der Waals surface area contributed by atoms with Crippen molar-refractivity contribution in [2.75, 3.05) is 17.3 Å². The molecule has 0 aliphatic rings.